The van der Waals surface area contributed by atoms with Crippen LogP contribution in [0.5, 0.6) is 0 Å². The van der Waals surface area contributed by atoms with Crippen LogP contribution in [0.1, 0.15) is 10.4 Å². The molecular weight excluding hydrogens is 218 g/mol. The molecule has 2 aromatic rings. The Kier molecular flexibility index (Phi) is 2.79. The predicted octanol–water partition coefficient (Wildman–Crippen LogP) is 1.90. The van der Waals surface area contributed by atoms with Gasteiger partial charge in [-0.2, -0.15) is 0 Å². The Morgan fingerprint density at radius 3 is 2.82 bits per heavy atom. The Hall–Kier alpha value is -2.74. The molecule has 2 rings (SSSR count). The average Bonchev–Trinajstić information content (AvgIpc) is 2.82. The van der Waals surface area contributed by atoms with Crippen LogP contribution in [0.2, 0.25) is 0 Å². The highest BCUT2D eigenvalue weighted by atomic mass is 16.5. The maximum Gasteiger partial charge on any atom is 0.356 e. The van der Waals surface area contributed by atoms with E-state index in [-0.39, 0.29) is 11.3 Å². The highest BCUT2D eigenvalue weighted by Gasteiger charge is 2.18. The summed E-state index contributed by atoms with van der Waals surface area (Å²) in [6.07, 6.45) is 3.08. The lowest BCUT2D eigenvalue weighted by molar-refractivity contribution is 0.0687. The Labute approximate surface area is 97.4 Å². The first-order chi connectivity index (χ1) is 8.24. The van der Waals surface area contributed by atoms with Crippen molar-refractivity contribution in [1.82, 2.24) is 4.98 Å². The number of nitrogens with two attached hydrogens (primary N) is 1. The summed E-state index contributed by atoms with van der Waals surface area (Å²) in [4.78, 5) is 14.6. The maximum atomic E-state index is 11.6. The monoisotopic (exact) mass is 227 g/mol. The van der Waals surface area contributed by atoms with Crippen LogP contribution in [0.4, 0.5) is 5.69 Å². The number of hydrogen-bond donors (Lipinski definition) is 2. The molecule has 17 heavy (non-hydrogen) atoms. The van der Waals surface area contributed by atoms with Crippen molar-refractivity contribution in [2.75, 3.05) is 5.73 Å². The molecule has 3 N–H and O–H groups in total. The zero-order chi connectivity index (χ0) is 12.3. The van der Waals surface area contributed by atoms with E-state index in [1.54, 1.807) is 36.5 Å². The van der Waals surface area contributed by atoms with Gasteiger partial charge in [0.05, 0.1) is 5.56 Å². The normalized spacial score (nSPS) is 9.59. The number of H-pyrrole nitrogens is 1. The van der Waals surface area contributed by atoms with Crippen LogP contribution in [0, 0.1) is 11.5 Å². The van der Waals surface area contributed by atoms with Gasteiger partial charge in [-0.25, -0.2) is 4.79 Å². The van der Waals surface area contributed by atoms with Gasteiger partial charge in [0.15, 0.2) is 0 Å². The number of nitriles is 1. The fourth-order valence-electron chi connectivity index (χ4n) is 1.61. The predicted molar refractivity (Wildman–Crippen MR) is 61.7 cm³/mol. The number of benzene rings is 1. The van der Waals surface area contributed by atoms with Gasteiger partial charge in [0.2, 0.25) is 0 Å². The SMILES string of the molecule is N#COC(=O)c1c(N)cccc1-c1ccc[nH]1. The largest absolute Gasteiger partial charge is 0.398 e. The van der Waals surface area contributed by atoms with Crippen molar-refractivity contribution in [2.24, 2.45) is 0 Å². The Bertz CT molecular complexity index is 582. The molecule has 0 aliphatic rings. The third kappa shape index (κ3) is 1.96. The van der Waals surface area contributed by atoms with Crippen LogP contribution in [0.25, 0.3) is 11.3 Å². The van der Waals surface area contributed by atoms with Gasteiger partial charge in [0, 0.05) is 23.1 Å². The molecule has 0 aliphatic heterocycles. The lowest BCUT2D eigenvalue weighted by Crippen LogP contribution is -2.07. The Morgan fingerprint density at radius 2 is 2.18 bits per heavy atom. The van der Waals surface area contributed by atoms with Gasteiger partial charge in [-0.3, -0.25) is 0 Å². The number of ether oxygens (including phenoxy) is 1. The molecule has 0 saturated heterocycles. The van der Waals surface area contributed by atoms with E-state index in [1.807, 2.05) is 0 Å². The zero-order valence-corrected chi connectivity index (χ0v) is 8.81. The van der Waals surface area contributed by atoms with E-state index in [9.17, 15) is 4.79 Å². The number of hydrogen-bond acceptors (Lipinski definition) is 4. The summed E-state index contributed by atoms with van der Waals surface area (Å²) in [6, 6.07) is 8.65. The van der Waals surface area contributed by atoms with E-state index < -0.39 is 5.97 Å². The standard InChI is InChI=1S/C12H9N3O2/c13-7-17-12(16)11-8(3-1-4-9(11)14)10-5-2-6-15-10/h1-6,15H,14H2. The van der Waals surface area contributed by atoms with E-state index in [0.717, 1.165) is 5.69 Å². The summed E-state index contributed by atoms with van der Waals surface area (Å²) >= 11 is 0. The molecule has 0 atom stereocenters. The number of aromatic nitrogens is 1. The molecule has 1 aromatic heterocycles. The molecule has 0 aliphatic carbocycles. The third-order valence-electron chi connectivity index (χ3n) is 2.33. The van der Waals surface area contributed by atoms with E-state index in [2.05, 4.69) is 9.72 Å². The van der Waals surface area contributed by atoms with Crippen molar-refractivity contribution in [3.8, 4) is 17.5 Å². The Balaban J connectivity index is 2.57. The molecule has 5 heteroatoms. The highest BCUT2D eigenvalue weighted by molar-refractivity contribution is 6.02. The highest BCUT2D eigenvalue weighted by Crippen LogP contribution is 2.27. The first-order valence-corrected chi connectivity index (χ1v) is 4.86. The van der Waals surface area contributed by atoms with Crippen molar-refractivity contribution >= 4 is 11.7 Å². The molecular formula is C12H9N3O2. The number of carbonyl (C=O) groups is 1. The number of esters is 1. The summed E-state index contributed by atoms with van der Waals surface area (Å²) < 4.78 is 4.32. The van der Waals surface area contributed by atoms with E-state index in [0.29, 0.717) is 5.56 Å². The fourth-order valence-corrected chi connectivity index (χ4v) is 1.61. The smallest absolute Gasteiger partial charge is 0.356 e. The van der Waals surface area contributed by atoms with Crippen LogP contribution >= 0.6 is 0 Å². The number of anilines is 1. The minimum absolute atomic E-state index is 0.191. The zero-order valence-electron chi connectivity index (χ0n) is 8.81. The summed E-state index contributed by atoms with van der Waals surface area (Å²) in [7, 11) is 0. The Morgan fingerprint density at radius 1 is 1.35 bits per heavy atom. The van der Waals surface area contributed by atoms with Crippen LogP contribution in [-0.2, 0) is 4.74 Å². The molecule has 0 fully saturated rings. The van der Waals surface area contributed by atoms with E-state index in [1.165, 1.54) is 6.26 Å². The van der Waals surface area contributed by atoms with Gasteiger partial charge in [-0.1, -0.05) is 12.1 Å². The lowest BCUT2D eigenvalue weighted by Gasteiger charge is -2.07. The first-order valence-electron chi connectivity index (χ1n) is 4.86. The number of nitrogen functional groups attached to an aromatic ring is 1. The van der Waals surface area contributed by atoms with Gasteiger partial charge in [-0.15, -0.1) is 5.26 Å². The van der Waals surface area contributed by atoms with Crippen LogP contribution in [-0.4, -0.2) is 11.0 Å². The summed E-state index contributed by atoms with van der Waals surface area (Å²) in [5.74, 6) is -0.754. The van der Waals surface area contributed by atoms with E-state index >= 15 is 0 Å². The molecule has 0 spiro atoms. The minimum atomic E-state index is -0.754. The van der Waals surface area contributed by atoms with E-state index in [4.69, 9.17) is 11.0 Å². The number of nitrogens with zero attached hydrogens (tertiary/aromatic N) is 1. The molecule has 0 amide bonds. The molecule has 84 valence electrons. The second-order valence-electron chi connectivity index (χ2n) is 3.33. The van der Waals surface area contributed by atoms with Gasteiger partial charge in [-0.05, 0) is 18.2 Å². The number of carbonyl (C=O) groups excluding carboxylic acids is 1. The van der Waals surface area contributed by atoms with Crippen molar-refractivity contribution in [2.45, 2.75) is 0 Å². The number of rotatable bonds is 2. The first kappa shape index (κ1) is 10.8. The number of nitrogens with one attached hydrogen (secondary N) is 1. The molecule has 0 saturated carbocycles. The summed E-state index contributed by atoms with van der Waals surface area (Å²) in [5.41, 5.74) is 7.55. The fraction of sp³-hybridized carbons (Fsp3) is 0. The van der Waals surface area contributed by atoms with Crippen molar-refractivity contribution in [3.63, 3.8) is 0 Å². The summed E-state index contributed by atoms with van der Waals surface area (Å²) in [5, 5.41) is 8.37. The maximum absolute atomic E-state index is 11.6. The summed E-state index contributed by atoms with van der Waals surface area (Å²) in [6.45, 7) is 0. The van der Waals surface area contributed by atoms with Crippen molar-refractivity contribution < 1.29 is 9.53 Å². The second kappa shape index (κ2) is 4.41. The van der Waals surface area contributed by atoms with Crippen LogP contribution < -0.4 is 5.73 Å². The second-order valence-corrected chi connectivity index (χ2v) is 3.33. The number of aromatic amines is 1. The molecule has 1 aromatic carbocycles. The minimum Gasteiger partial charge on any atom is -0.398 e. The molecule has 5 nitrogen and oxygen atoms in total. The molecule has 0 bridgehead atoms. The van der Waals surface area contributed by atoms with Crippen LogP contribution in [0.3, 0.4) is 0 Å². The lowest BCUT2D eigenvalue weighted by atomic mass is 10.0. The third-order valence-corrected chi connectivity index (χ3v) is 2.33. The van der Waals surface area contributed by atoms with Gasteiger partial charge in [0.25, 0.3) is 6.26 Å². The molecule has 0 unspecified atom stereocenters. The van der Waals surface area contributed by atoms with Crippen LogP contribution in [0.15, 0.2) is 36.5 Å². The van der Waals surface area contributed by atoms with Crippen molar-refractivity contribution in [1.29, 1.82) is 5.26 Å². The molecule has 0 radical (unpaired) electrons. The quantitative estimate of drug-likeness (QED) is 0.465. The van der Waals surface area contributed by atoms with Gasteiger partial charge in [0.1, 0.15) is 0 Å². The topological polar surface area (TPSA) is 91.9 Å². The average molecular weight is 227 g/mol. The van der Waals surface area contributed by atoms with Crippen molar-refractivity contribution in [3.05, 3.63) is 42.1 Å². The van der Waals surface area contributed by atoms with Gasteiger partial charge < -0.3 is 15.5 Å². The van der Waals surface area contributed by atoms with Gasteiger partial charge >= 0.3 is 5.97 Å². The molecule has 1 heterocycles.